The van der Waals surface area contributed by atoms with Crippen molar-refractivity contribution in [2.45, 2.75) is 52.6 Å². The summed E-state index contributed by atoms with van der Waals surface area (Å²) < 4.78 is 3.90. The van der Waals surface area contributed by atoms with Gasteiger partial charge in [0.1, 0.15) is 4.88 Å². The van der Waals surface area contributed by atoms with E-state index < -0.39 is 5.60 Å². The molecule has 0 radical (unpaired) electrons. The fraction of sp³-hybridized carbons (Fsp3) is 0.800. The highest BCUT2D eigenvalue weighted by molar-refractivity contribution is 7.08. The van der Waals surface area contributed by atoms with Gasteiger partial charge in [0, 0.05) is 19.0 Å². The van der Waals surface area contributed by atoms with Crippen LogP contribution < -0.4 is 0 Å². The zero-order valence-electron chi connectivity index (χ0n) is 13.3. The van der Waals surface area contributed by atoms with Gasteiger partial charge in [0.2, 0.25) is 0 Å². The van der Waals surface area contributed by atoms with E-state index in [0.717, 1.165) is 18.5 Å². The molecule has 1 amide bonds. The Kier molecular flexibility index (Phi) is 4.99. The highest BCUT2D eigenvalue weighted by Crippen LogP contribution is 2.33. The summed E-state index contributed by atoms with van der Waals surface area (Å²) in [6.45, 7) is 9.40. The van der Waals surface area contributed by atoms with Gasteiger partial charge in [0.25, 0.3) is 5.91 Å². The van der Waals surface area contributed by atoms with Crippen LogP contribution in [0, 0.1) is 11.8 Å². The molecule has 118 valence electrons. The number of carbonyl (C=O) groups is 1. The summed E-state index contributed by atoms with van der Waals surface area (Å²) in [5.74, 6) is 0.653. The lowest BCUT2D eigenvalue weighted by Crippen LogP contribution is -2.52. The zero-order valence-corrected chi connectivity index (χ0v) is 14.1. The molecule has 1 aromatic heterocycles. The summed E-state index contributed by atoms with van der Waals surface area (Å²) in [6.07, 6.45) is 2.28. The SMILES string of the molecule is CCc1nnsc1C(=O)N1CC[C@@](C)(O)[C@@H](CC(C)C)C1. The lowest BCUT2D eigenvalue weighted by molar-refractivity contribution is -0.0576. The molecule has 1 aliphatic rings. The Bertz CT molecular complexity index is 499. The summed E-state index contributed by atoms with van der Waals surface area (Å²) in [7, 11) is 0. The maximum atomic E-state index is 12.7. The van der Waals surface area contributed by atoms with Crippen molar-refractivity contribution < 1.29 is 9.90 Å². The first-order valence-corrected chi connectivity index (χ1v) is 8.45. The molecule has 0 saturated carbocycles. The van der Waals surface area contributed by atoms with Gasteiger partial charge in [0.05, 0.1) is 11.3 Å². The number of rotatable bonds is 4. The van der Waals surface area contributed by atoms with Crippen molar-refractivity contribution in [2.75, 3.05) is 13.1 Å². The van der Waals surface area contributed by atoms with Crippen LogP contribution in [0.3, 0.4) is 0 Å². The first kappa shape index (κ1) is 16.4. The first-order chi connectivity index (χ1) is 9.85. The Labute approximate surface area is 130 Å². The van der Waals surface area contributed by atoms with Gasteiger partial charge in [-0.15, -0.1) is 5.10 Å². The molecule has 2 rings (SSSR count). The van der Waals surface area contributed by atoms with Crippen molar-refractivity contribution in [1.82, 2.24) is 14.5 Å². The second-order valence-electron chi connectivity index (χ2n) is 6.59. The van der Waals surface area contributed by atoms with E-state index in [1.165, 1.54) is 11.5 Å². The summed E-state index contributed by atoms with van der Waals surface area (Å²) in [5, 5.41) is 14.6. The average molecular weight is 311 g/mol. The van der Waals surface area contributed by atoms with E-state index in [1.807, 2.05) is 18.7 Å². The van der Waals surface area contributed by atoms with Crippen LogP contribution in [-0.2, 0) is 6.42 Å². The number of carbonyl (C=O) groups excluding carboxylic acids is 1. The molecule has 2 atom stereocenters. The van der Waals surface area contributed by atoms with E-state index in [4.69, 9.17) is 0 Å². The molecule has 0 aromatic carbocycles. The van der Waals surface area contributed by atoms with Crippen LogP contribution in [0.5, 0.6) is 0 Å². The second kappa shape index (κ2) is 6.40. The van der Waals surface area contributed by atoms with Crippen molar-refractivity contribution in [3.05, 3.63) is 10.6 Å². The fourth-order valence-electron chi connectivity index (χ4n) is 2.95. The zero-order chi connectivity index (χ0) is 15.6. The molecule has 0 spiro atoms. The quantitative estimate of drug-likeness (QED) is 0.927. The number of nitrogens with zero attached hydrogens (tertiary/aromatic N) is 3. The van der Waals surface area contributed by atoms with Crippen molar-refractivity contribution in [3.8, 4) is 0 Å². The number of aromatic nitrogens is 2. The lowest BCUT2D eigenvalue weighted by Gasteiger charge is -2.43. The van der Waals surface area contributed by atoms with Gasteiger partial charge in [-0.3, -0.25) is 4.79 Å². The molecule has 1 fully saturated rings. The molecule has 2 heterocycles. The molecule has 0 aliphatic carbocycles. The highest BCUT2D eigenvalue weighted by atomic mass is 32.1. The van der Waals surface area contributed by atoms with Crippen LogP contribution in [0.2, 0.25) is 0 Å². The van der Waals surface area contributed by atoms with Crippen LogP contribution in [-0.4, -0.2) is 44.2 Å². The number of hydrogen-bond donors (Lipinski definition) is 1. The topological polar surface area (TPSA) is 66.3 Å². The predicted octanol–water partition coefficient (Wildman–Crippen LogP) is 2.36. The largest absolute Gasteiger partial charge is 0.390 e. The van der Waals surface area contributed by atoms with Gasteiger partial charge in [0.15, 0.2) is 0 Å². The van der Waals surface area contributed by atoms with Gasteiger partial charge in [-0.05, 0) is 43.6 Å². The number of hydrogen-bond acceptors (Lipinski definition) is 5. The van der Waals surface area contributed by atoms with Crippen LogP contribution in [0.4, 0.5) is 0 Å². The number of piperidine rings is 1. The summed E-state index contributed by atoms with van der Waals surface area (Å²) in [5.41, 5.74) is 0.100. The van der Waals surface area contributed by atoms with Gasteiger partial charge in [-0.25, -0.2) is 0 Å². The predicted molar refractivity (Wildman–Crippen MR) is 83.4 cm³/mol. The Morgan fingerprint density at radius 2 is 2.29 bits per heavy atom. The van der Waals surface area contributed by atoms with Crippen molar-refractivity contribution in [2.24, 2.45) is 11.8 Å². The maximum Gasteiger partial charge on any atom is 0.267 e. The van der Waals surface area contributed by atoms with E-state index in [-0.39, 0.29) is 11.8 Å². The lowest BCUT2D eigenvalue weighted by atomic mass is 9.78. The van der Waals surface area contributed by atoms with E-state index in [0.29, 0.717) is 30.3 Å². The van der Waals surface area contributed by atoms with Crippen molar-refractivity contribution in [1.29, 1.82) is 0 Å². The summed E-state index contributed by atoms with van der Waals surface area (Å²) in [4.78, 5) is 15.2. The fourth-order valence-corrected chi connectivity index (χ4v) is 3.67. The number of aryl methyl sites for hydroxylation is 1. The number of likely N-dealkylation sites (tertiary alicyclic amines) is 1. The van der Waals surface area contributed by atoms with Gasteiger partial charge in [-0.1, -0.05) is 25.3 Å². The Hall–Kier alpha value is -1.01. The first-order valence-electron chi connectivity index (χ1n) is 7.68. The van der Waals surface area contributed by atoms with Crippen LogP contribution in [0.15, 0.2) is 0 Å². The molecule has 5 nitrogen and oxygen atoms in total. The van der Waals surface area contributed by atoms with Gasteiger partial charge >= 0.3 is 0 Å². The molecule has 1 saturated heterocycles. The summed E-state index contributed by atoms with van der Waals surface area (Å²) >= 11 is 1.18. The van der Waals surface area contributed by atoms with Crippen LogP contribution in [0.25, 0.3) is 0 Å². The highest BCUT2D eigenvalue weighted by Gasteiger charge is 2.39. The third-order valence-electron chi connectivity index (χ3n) is 4.34. The van der Waals surface area contributed by atoms with Crippen LogP contribution in [0.1, 0.15) is 55.9 Å². The second-order valence-corrected chi connectivity index (χ2v) is 7.34. The Balaban J connectivity index is 2.13. The molecule has 0 bridgehead atoms. The van der Waals surface area contributed by atoms with Crippen molar-refractivity contribution >= 4 is 17.4 Å². The molecule has 21 heavy (non-hydrogen) atoms. The van der Waals surface area contributed by atoms with E-state index in [2.05, 4.69) is 23.4 Å². The smallest absolute Gasteiger partial charge is 0.267 e. The standard InChI is InChI=1S/C15H25N3O2S/c1-5-12-13(21-17-16-12)14(19)18-7-6-15(4,20)11(9-18)8-10(2)3/h10-11,20H,5-9H2,1-4H3/t11-,15+/m0/s1. The number of amides is 1. The minimum absolute atomic E-state index is 0.0195. The van der Waals surface area contributed by atoms with E-state index in [1.54, 1.807) is 0 Å². The van der Waals surface area contributed by atoms with Gasteiger partial charge in [-0.2, -0.15) is 0 Å². The molecule has 1 aliphatic heterocycles. The molecular formula is C15H25N3O2S. The minimum atomic E-state index is -0.680. The normalized spacial score (nSPS) is 26.4. The molecule has 1 N–H and O–H groups in total. The van der Waals surface area contributed by atoms with Crippen molar-refractivity contribution in [3.63, 3.8) is 0 Å². The van der Waals surface area contributed by atoms with Crippen LogP contribution >= 0.6 is 11.5 Å². The molecule has 0 unspecified atom stereocenters. The maximum absolute atomic E-state index is 12.7. The number of aliphatic hydroxyl groups is 1. The third kappa shape index (κ3) is 3.61. The van der Waals surface area contributed by atoms with E-state index >= 15 is 0 Å². The molecule has 6 heteroatoms. The summed E-state index contributed by atoms with van der Waals surface area (Å²) in [6, 6.07) is 0. The monoisotopic (exact) mass is 311 g/mol. The van der Waals surface area contributed by atoms with E-state index in [9.17, 15) is 9.90 Å². The van der Waals surface area contributed by atoms with Gasteiger partial charge < -0.3 is 10.0 Å². The Morgan fingerprint density at radius 3 is 2.90 bits per heavy atom. The molecular weight excluding hydrogens is 286 g/mol. The average Bonchev–Trinajstić information content (AvgIpc) is 2.88. The third-order valence-corrected chi connectivity index (χ3v) is 5.09. The Morgan fingerprint density at radius 1 is 1.57 bits per heavy atom. The molecule has 1 aromatic rings. The minimum Gasteiger partial charge on any atom is -0.390 e.